The van der Waals surface area contributed by atoms with Gasteiger partial charge in [-0.2, -0.15) is 0 Å². The van der Waals surface area contributed by atoms with Crippen LogP contribution in [0.4, 0.5) is 5.69 Å². The van der Waals surface area contributed by atoms with Gasteiger partial charge >= 0.3 is 0 Å². The first kappa shape index (κ1) is 9.71. The van der Waals surface area contributed by atoms with Gasteiger partial charge in [0.2, 0.25) is 0 Å². The molecule has 0 unspecified atom stereocenters. The Morgan fingerprint density at radius 1 is 1.00 bits per heavy atom. The summed E-state index contributed by atoms with van der Waals surface area (Å²) >= 11 is 0. The van der Waals surface area contributed by atoms with Crippen molar-refractivity contribution in [2.24, 2.45) is 0 Å². The minimum atomic E-state index is 0.851. The fraction of sp³-hybridized carbons (Fsp3) is 0.154. The number of hydrogen-bond acceptors (Lipinski definition) is 2. The summed E-state index contributed by atoms with van der Waals surface area (Å²) in [5.41, 5.74) is 3.69. The van der Waals surface area contributed by atoms with Gasteiger partial charge in [0.1, 0.15) is 0 Å². The molecule has 0 bridgehead atoms. The maximum absolute atomic E-state index is 3.97. The van der Waals surface area contributed by atoms with Crippen LogP contribution in [0.5, 0.6) is 0 Å². The topological polar surface area (TPSA) is 24.9 Å². The molecule has 1 aromatic carbocycles. The molecule has 0 aliphatic carbocycles. The molecule has 0 spiro atoms. The van der Waals surface area contributed by atoms with Crippen LogP contribution in [-0.4, -0.2) is 4.98 Å². The number of rotatable bonds is 3. The van der Waals surface area contributed by atoms with Gasteiger partial charge in [-0.05, 0) is 24.6 Å². The van der Waals surface area contributed by atoms with Crippen molar-refractivity contribution in [3.63, 3.8) is 0 Å². The van der Waals surface area contributed by atoms with Crippen LogP contribution in [0.2, 0.25) is 0 Å². The van der Waals surface area contributed by atoms with Crippen LogP contribution < -0.4 is 5.32 Å². The molecule has 1 heterocycles. The molecule has 15 heavy (non-hydrogen) atoms. The predicted molar refractivity (Wildman–Crippen MR) is 62.7 cm³/mol. The number of hydrogen-bond donors (Lipinski definition) is 1. The van der Waals surface area contributed by atoms with Gasteiger partial charge in [-0.1, -0.05) is 29.8 Å². The normalized spacial score (nSPS) is 9.93. The Bertz CT molecular complexity index is 406. The summed E-state index contributed by atoms with van der Waals surface area (Å²) in [4.78, 5) is 3.97. The number of nitrogens with zero attached hydrogens (tertiary/aromatic N) is 1. The first-order valence-electron chi connectivity index (χ1n) is 5.04. The number of anilines is 1. The lowest BCUT2D eigenvalue weighted by atomic mass is 10.1. The highest BCUT2D eigenvalue weighted by atomic mass is 14.9. The first-order chi connectivity index (χ1) is 7.34. The lowest BCUT2D eigenvalue weighted by Gasteiger charge is -2.05. The molecule has 0 saturated carbocycles. The number of aryl methyl sites for hydroxylation is 1. The summed E-state index contributed by atoms with van der Waals surface area (Å²) in [6.45, 7) is 2.95. The molecule has 1 aromatic heterocycles. The molecule has 2 rings (SSSR count). The van der Waals surface area contributed by atoms with E-state index < -0.39 is 0 Å². The highest BCUT2D eigenvalue weighted by Gasteiger charge is 1.92. The molecule has 76 valence electrons. The quantitative estimate of drug-likeness (QED) is 0.820. The second-order valence-corrected chi connectivity index (χ2v) is 3.58. The fourth-order valence-electron chi connectivity index (χ4n) is 1.38. The van der Waals surface area contributed by atoms with Crippen LogP contribution in [0, 0.1) is 6.92 Å². The molecule has 2 heteroatoms. The number of benzene rings is 1. The van der Waals surface area contributed by atoms with Crippen LogP contribution in [0.15, 0.2) is 48.8 Å². The van der Waals surface area contributed by atoms with Crippen molar-refractivity contribution >= 4 is 5.69 Å². The molecule has 2 nitrogen and oxygen atoms in total. The van der Waals surface area contributed by atoms with E-state index in [0.717, 1.165) is 12.2 Å². The molecular weight excluding hydrogens is 184 g/mol. The minimum absolute atomic E-state index is 0.851. The Morgan fingerprint density at radius 2 is 1.67 bits per heavy atom. The Labute approximate surface area is 90.0 Å². The molecule has 0 amide bonds. The smallest absolute Gasteiger partial charge is 0.0400 e. The van der Waals surface area contributed by atoms with E-state index in [4.69, 9.17) is 0 Å². The van der Waals surface area contributed by atoms with E-state index in [2.05, 4.69) is 41.5 Å². The maximum Gasteiger partial charge on any atom is 0.0400 e. The molecular formula is C13H14N2. The van der Waals surface area contributed by atoms with Crippen molar-refractivity contribution in [1.29, 1.82) is 0 Å². The second-order valence-electron chi connectivity index (χ2n) is 3.58. The van der Waals surface area contributed by atoms with E-state index in [1.165, 1.54) is 11.1 Å². The first-order valence-corrected chi connectivity index (χ1v) is 5.04. The summed E-state index contributed by atoms with van der Waals surface area (Å²) in [6.07, 6.45) is 3.58. The highest BCUT2D eigenvalue weighted by Crippen LogP contribution is 2.08. The fourth-order valence-corrected chi connectivity index (χ4v) is 1.38. The van der Waals surface area contributed by atoms with E-state index >= 15 is 0 Å². The molecule has 0 aliphatic rings. The zero-order valence-corrected chi connectivity index (χ0v) is 8.77. The van der Waals surface area contributed by atoms with Crippen molar-refractivity contribution < 1.29 is 0 Å². The van der Waals surface area contributed by atoms with Gasteiger partial charge in [-0.15, -0.1) is 0 Å². The van der Waals surface area contributed by atoms with Crippen LogP contribution in [-0.2, 0) is 6.54 Å². The van der Waals surface area contributed by atoms with E-state index in [9.17, 15) is 0 Å². The predicted octanol–water partition coefficient (Wildman–Crippen LogP) is 3.00. The van der Waals surface area contributed by atoms with Crippen LogP contribution in [0.25, 0.3) is 0 Å². The third-order valence-corrected chi connectivity index (χ3v) is 2.30. The Morgan fingerprint density at radius 3 is 2.33 bits per heavy atom. The van der Waals surface area contributed by atoms with Gasteiger partial charge in [0.25, 0.3) is 0 Å². The minimum Gasteiger partial charge on any atom is -0.381 e. The zero-order valence-electron chi connectivity index (χ0n) is 8.77. The van der Waals surface area contributed by atoms with E-state index in [-0.39, 0.29) is 0 Å². The van der Waals surface area contributed by atoms with E-state index in [0.29, 0.717) is 0 Å². The Balaban J connectivity index is 1.96. The number of aromatic nitrogens is 1. The molecule has 0 atom stereocenters. The van der Waals surface area contributed by atoms with E-state index in [1.54, 1.807) is 12.4 Å². The monoisotopic (exact) mass is 198 g/mol. The molecule has 0 saturated heterocycles. The Hall–Kier alpha value is -1.83. The second kappa shape index (κ2) is 4.60. The van der Waals surface area contributed by atoms with Crippen molar-refractivity contribution in [2.45, 2.75) is 13.5 Å². The zero-order chi connectivity index (χ0) is 10.5. The highest BCUT2D eigenvalue weighted by molar-refractivity contribution is 5.41. The third-order valence-electron chi connectivity index (χ3n) is 2.30. The average molecular weight is 198 g/mol. The van der Waals surface area contributed by atoms with Gasteiger partial charge < -0.3 is 5.32 Å². The van der Waals surface area contributed by atoms with Crippen LogP contribution >= 0.6 is 0 Å². The van der Waals surface area contributed by atoms with Gasteiger partial charge in [-0.3, -0.25) is 4.98 Å². The van der Waals surface area contributed by atoms with Crippen LogP contribution in [0.1, 0.15) is 11.1 Å². The molecule has 0 fully saturated rings. The molecule has 0 radical (unpaired) electrons. The summed E-state index contributed by atoms with van der Waals surface area (Å²) in [5, 5.41) is 3.34. The largest absolute Gasteiger partial charge is 0.381 e. The Kier molecular flexibility index (Phi) is 2.98. The SMILES string of the molecule is Cc1ccc(CNc2ccncc2)cc1. The van der Waals surface area contributed by atoms with Gasteiger partial charge in [0.15, 0.2) is 0 Å². The van der Waals surface area contributed by atoms with Crippen molar-refractivity contribution in [3.8, 4) is 0 Å². The van der Waals surface area contributed by atoms with Gasteiger partial charge in [0, 0.05) is 24.6 Å². The lowest BCUT2D eigenvalue weighted by Crippen LogP contribution is -1.98. The van der Waals surface area contributed by atoms with Crippen molar-refractivity contribution in [2.75, 3.05) is 5.32 Å². The summed E-state index contributed by atoms with van der Waals surface area (Å²) in [7, 11) is 0. The van der Waals surface area contributed by atoms with Gasteiger partial charge in [-0.25, -0.2) is 0 Å². The summed E-state index contributed by atoms with van der Waals surface area (Å²) in [6, 6.07) is 12.5. The third kappa shape index (κ3) is 2.81. The lowest BCUT2D eigenvalue weighted by molar-refractivity contribution is 1.14. The summed E-state index contributed by atoms with van der Waals surface area (Å²) in [5.74, 6) is 0. The molecule has 2 aromatic rings. The summed E-state index contributed by atoms with van der Waals surface area (Å²) < 4.78 is 0. The van der Waals surface area contributed by atoms with Gasteiger partial charge in [0.05, 0.1) is 0 Å². The average Bonchev–Trinajstić information content (AvgIpc) is 2.30. The van der Waals surface area contributed by atoms with Crippen LogP contribution in [0.3, 0.4) is 0 Å². The maximum atomic E-state index is 3.97. The number of nitrogens with one attached hydrogen (secondary N) is 1. The molecule has 1 N–H and O–H groups in total. The van der Waals surface area contributed by atoms with E-state index in [1.807, 2.05) is 12.1 Å². The molecule has 0 aliphatic heterocycles. The standard InChI is InChI=1S/C13H14N2/c1-11-2-4-12(5-3-11)10-15-13-6-8-14-9-7-13/h2-9H,10H2,1H3,(H,14,15). The van der Waals surface area contributed by atoms with Crippen molar-refractivity contribution in [1.82, 2.24) is 4.98 Å². The van der Waals surface area contributed by atoms with Crippen molar-refractivity contribution in [3.05, 3.63) is 59.9 Å². The number of pyridine rings is 1.